The summed E-state index contributed by atoms with van der Waals surface area (Å²) in [5.74, 6) is 0.600. The maximum absolute atomic E-state index is 12.4. The Morgan fingerprint density at radius 2 is 2.19 bits per heavy atom. The van der Waals surface area contributed by atoms with Crippen LogP contribution in [0.3, 0.4) is 0 Å². The lowest BCUT2D eigenvalue weighted by Gasteiger charge is -2.13. The normalized spacial score (nSPS) is 14.8. The number of fused-ring (bicyclic) bond motifs is 1. The first kappa shape index (κ1) is 19.3. The molecular weight excluding hydrogens is 366 g/mol. The van der Waals surface area contributed by atoms with Gasteiger partial charge < -0.3 is 14.5 Å². The number of methoxy groups -OCH3 is 1. The summed E-state index contributed by atoms with van der Waals surface area (Å²) in [7, 11) is 1.63. The zero-order valence-corrected chi connectivity index (χ0v) is 16.3. The van der Waals surface area contributed by atoms with E-state index in [2.05, 4.69) is 15.8 Å². The van der Waals surface area contributed by atoms with E-state index in [4.69, 9.17) is 9.15 Å². The van der Waals surface area contributed by atoms with Gasteiger partial charge in [0.15, 0.2) is 5.76 Å². The second-order valence-corrected chi connectivity index (χ2v) is 7.23. The van der Waals surface area contributed by atoms with Crippen LogP contribution in [0, 0.1) is 6.92 Å². The van der Waals surface area contributed by atoms with E-state index in [0.29, 0.717) is 23.8 Å². The van der Waals surface area contributed by atoms with Crippen LogP contribution in [0.1, 0.15) is 56.4 Å². The number of hydrazone groups is 1. The van der Waals surface area contributed by atoms with Crippen molar-refractivity contribution >= 4 is 28.9 Å². The van der Waals surface area contributed by atoms with Gasteiger partial charge in [-0.2, -0.15) is 5.10 Å². The number of nitrogens with one attached hydrogen (secondary N) is 2. The van der Waals surface area contributed by atoms with Gasteiger partial charge in [-0.15, -0.1) is 11.3 Å². The predicted octanol–water partition coefficient (Wildman–Crippen LogP) is 2.89. The summed E-state index contributed by atoms with van der Waals surface area (Å²) in [5, 5.41) is 9.01. The van der Waals surface area contributed by atoms with Crippen LogP contribution in [0.4, 0.5) is 0 Å². The number of nitrogens with zero attached hydrogens (tertiary/aromatic N) is 1. The Morgan fingerprint density at radius 3 is 2.93 bits per heavy atom. The molecular formula is C19H23N3O4S. The fourth-order valence-electron chi connectivity index (χ4n) is 3.08. The van der Waals surface area contributed by atoms with Crippen LogP contribution >= 0.6 is 11.3 Å². The largest absolute Gasteiger partial charge is 0.455 e. The van der Waals surface area contributed by atoms with Crippen LogP contribution in [0.5, 0.6) is 0 Å². The third kappa shape index (κ3) is 4.45. The van der Waals surface area contributed by atoms with Gasteiger partial charge >= 0.3 is 0 Å². The van der Waals surface area contributed by atoms with E-state index < -0.39 is 0 Å². The molecule has 3 rings (SSSR count). The Morgan fingerprint density at radius 1 is 1.33 bits per heavy atom. The Balaban J connectivity index is 1.75. The van der Waals surface area contributed by atoms with Crippen LogP contribution in [-0.2, 0) is 11.2 Å². The number of carbonyl (C=O) groups is 2. The Hall–Kier alpha value is -2.45. The lowest BCUT2D eigenvalue weighted by molar-refractivity contribution is 0.0917. The first-order chi connectivity index (χ1) is 13.1. The van der Waals surface area contributed by atoms with Crippen LogP contribution in [0.25, 0.3) is 0 Å². The lowest BCUT2D eigenvalue weighted by atomic mass is 9.93. The molecule has 0 radical (unpaired) electrons. The van der Waals surface area contributed by atoms with E-state index in [1.165, 1.54) is 11.3 Å². The Kier molecular flexibility index (Phi) is 6.41. The van der Waals surface area contributed by atoms with E-state index in [1.807, 2.05) is 18.4 Å². The number of hydrogen-bond acceptors (Lipinski definition) is 6. The third-order valence-electron chi connectivity index (χ3n) is 4.38. The average Bonchev–Trinajstić information content (AvgIpc) is 3.32. The first-order valence-electron chi connectivity index (χ1n) is 8.92. The molecule has 0 saturated carbocycles. The molecule has 2 heterocycles. The number of hydrogen-bond donors (Lipinski definition) is 2. The zero-order valence-electron chi connectivity index (χ0n) is 15.5. The van der Waals surface area contributed by atoms with E-state index in [-0.39, 0.29) is 11.8 Å². The molecule has 1 aliphatic rings. The van der Waals surface area contributed by atoms with Crippen molar-refractivity contribution < 1.29 is 18.7 Å². The molecule has 0 aromatic carbocycles. The van der Waals surface area contributed by atoms with E-state index in [0.717, 1.165) is 48.3 Å². The van der Waals surface area contributed by atoms with Crippen molar-refractivity contribution in [1.29, 1.82) is 0 Å². The smallest absolute Gasteiger partial charge is 0.287 e. The molecule has 2 aromatic heterocycles. The fourth-order valence-corrected chi connectivity index (χ4v) is 3.69. The summed E-state index contributed by atoms with van der Waals surface area (Å²) in [6.45, 7) is 2.97. The SMILES string of the molecule is COCCCNC(=O)c1oc2c(c1C)/C(=N/NC(=O)c1cccs1)CCC2. The van der Waals surface area contributed by atoms with Gasteiger partial charge in [-0.25, -0.2) is 5.43 Å². The third-order valence-corrected chi connectivity index (χ3v) is 5.25. The van der Waals surface area contributed by atoms with Crippen molar-refractivity contribution in [3.63, 3.8) is 0 Å². The van der Waals surface area contributed by atoms with Gasteiger partial charge in [-0.3, -0.25) is 9.59 Å². The summed E-state index contributed by atoms with van der Waals surface area (Å²) in [6.07, 6.45) is 3.09. The van der Waals surface area contributed by atoms with Gasteiger partial charge in [-0.1, -0.05) is 6.07 Å². The summed E-state index contributed by atoms with van der Waals surface area (Å²) in [5.41, 5.74) is 4.97. The molecule has 2 amide bonds. The average molecular weight is 389 g/mol. The zero-order chi connectivity index (χ0) is 19.2. The second-order valence-electron chi connectivity index (χ2n) is 6.29. The van der Waals surface area contributed by atoms with Crippen molar-refractivity contribution in [2.24, 2.45) is 5.10 Å². The molecule has 0 saturated heterocycles. The van der Waals surface area contributed by atoms with Crippen molar-refractivity contribution in [1.82, 2.24) is 10.7 Å². The number of ether oxygens (including phenoxy) is 1. The van der Waals surface area contributed by atoms with Gasteiger partial charge in [0, 0.05) is 37.8 Å². The highest BCUT2D eigenvalue weighted by atomic mass is 32.1. The first-order valence-corrected chi connectivity index (χ1v) is 9.80. The molecule has 2 aromatic rings. The molecule has 144 valence electrons. The summed E-state index contributed by atoms with van der Waals surface area (Å²) in [6, 6.07) is 3.57. The Bertz CT molecular complexity index is 840. The van der Waals surface area contributed by atoms with Crippen LogP contribution in [0.15, 0.2) is 27.0 Å². The lowest BCUT2D eigenvalue weighted by Crippen LogP contribution is -2.25. The molecule has 0 unspecified atom stereocenters. The van der Waals surface area contributed by atoms with Crippen molar-refractivity contribution in [2.75, 3.05) is 20.3 Å². The van der Waals surface area contributed by atoms with Gasteiger partial charge in [0.2, 0.25) is 0 Å². The molecule has 1 aliphatic carbocycles. The minimum Gasteiger partial charge on any atom is -0.455 e. The molecule has 0 atom stereocenters. The summed E-state index contributed by atoms with van der Waals surface area (Å²) in [4.78, 5) is 25.2. The number of carbonyl (C=O) groups excluding carboxylic acids is 2. The van der Waals surface area contributed by atoms with Crippen molar-refractivity contribution in [3.8, 4) is 0 Å². The topological polar surface area (TPSA) is 92.9 Å². The van der Waals surface area contributed by atoms with E-state index >= 15 is 0 Å². The number of aryl methyl sites for hydroxylation is 1. The van der Waals surface area contributed by atoms with Gasteiger partial charge in [0.05, 0.1) is 10.6 Å². The predicted molar refractivity (Wildman–Crippen MR) is 104 cm³/mol. The molecule has 0 aliphatic heterocycles. The number of thiophene rings is 1. The number of amides is 2. The van der Waals surface area contributed by atoms with Gasteiger partial charge in [0.25, 0.3) is 11.8 Å². The highest BCUT2D eigenvalue weighted by molar-refractivity contribution is 7.12. The molecule has 0 spiro atoms. The summed E-state index contributed by atoms with van der Waals surface area (Å²) >= 11 is 1.36. The number of furan rings is 1. The van der Waals surface area contributed by atoms with Gasteiger partial charge in [-0.05, 0) is 37.6 Å². The maximum Gasteiger partial charge on any atom is 0.287 e. The van der Waals surface area contributed by atoms with Crippen LogP contribution in [0.2, 0.25) is 0 Å². The molecule has 27 heavy (non-hydrogen) atoms. The van der Waals surface area contributed by atoms with Crippen molar-refractivity contribution in [2.45, 2.75) is 32.6 Å². The molecule has 8 heteroatoms. The second kappa shape index (κ2) is 8.96. The minimum absolute atomic E-state index is 0.234. The quantitative estimate of drug-likeness (QED) is 0.562. The maximum atomic E-state index is 12.4. The minimum atomic E-state index is -0.236. The number of rotatable bonds is 7. The highest BCUT2D eigenvalue weighted by Crippen LogP contribution is 2.29. The van der Waals surface area contributed by atoms with E-state index in [1.54, 1.807) is 13.2 Å². The molecule has 0 bridgehead atoms. The van der Waals surface area contributed by atoms with Crippen molar-refractivity contribution in [3.05, 3.63) is 45.0 Å². The van der Waals surface area contributed by atoms with E-state index in [9.17, 15) is 9.59 Å². The molecule has 0 fully saturated rings. The standard InChI is InChI=1S/C19H23N3O4S/c1-12-16-13(21-22-18(23)15-8-4-11-27-15)6-3-7-14(16)26-17(12)19(24)20-9-5-10-25-2/h4,8,11H,3,5-7,9-10H2,1-2H3,(H,20,24)(H,22,23)/b21-13+. The fraction of sp³-hybridized carbons (Fsp3) is 0.421. The molecule has 2 N–H and O–H groups in total. The van der Waals surface area contributed by atoms with Gasteiger partial charge in [0.1, 0.15) is 5.76 Å². The van der Waals surface area contributed by atoms with Crippen LogP contribution < -0.4 is 10.7 Å². The van der Waals surface area contributed by atoms with Crippen LogP contribution in [-0.4, -0.2) is 37.8 Å². The monoisotopic (exact) mass is 389 g/mol. The highest BCUT2D eigenvalue weighted by Gasteiger charge is 2.28. The molecule has 7 nitrogen and oxygen atoms in total. The Labute approximate surface area is 161 Å². The summed E-state index contributed by atoms with van der Waals surface area (Å²) < 4.78 is 10.8.